The number of esters is 1. The fourth-order valence-corrected chi connectivity index (χ4v) is 1.31. The molecule has 0 aromatic rings. The average Bonchev–Trinajstić information content (AvgIpc) is 2.53. The molecule has 1 aliphatic rings. The molecule has 0 fully saturated rings. The lowest BCUT2D eigenvalue weighted by Crippen LogP contribution is -2.31. The topological polar surface area (TPSA) is 72.5 Å². The first kappa shape index (κ1) is 23.0. The molecule has 0 saturated heterocycles. The number of nitrogens with two attached hydrogens (primary N) is 1. The van der Waals surface area contributed by atoms with E-state index in [0.29, 0.717) is 6.42 Å². The molecule has 0 aromatic carbocycles. The number of rotatable bonds is 3. The van der Waals surface area contributed by atoms with E-state index in [9.17, 15) is 4.79 Å². The van der Waals surface area contributed by atoms with Crippen LogP contribution in [-0.2, 0) is 9.53 Å². The molecule has 1 rings (SSSR count). The van der Waals surface area contributed by atoms with E-state index in [1.54, 1.807) is 0 Å². The van der Waals surface area contributed by atoms with Gasteiger partial charge in [-0.2, -0.15) is 0 Å². The Morgan fingerprint density at radius 1 is 1.32 bits per heavy atom. The Morgan fingerprint density at radius 2 is 1.84 bits per heavy atom. The monoisotopic (exact) mass is 273 g/mol. The van der Waals surface area contributed by atoms with Gasteiger partial charge in [0.2, 0.25) is 0 Å². The third kappa shape index (κ3) is 13.1. The van der Waals surface area contributed by atoms with Crippen molar-refractivity contribution >= 4 is 5.97 Å². The van der Waals surface area contributed by atoms with Gasteiger partial charge in [-0.3, -0.25) is 4.79 Å². The summed E-state index contributed by atoms with van der Waals surface area (Å²) >= 11 is 0. The Balaban J connectivity index is -0.000000375. The van der Waals surface area contributed by atoms with Crippen LogP contribution in [0.1, 0.15) is 47.0 Å². The Labute approximate surface area is 118 Å². The van der Waals surface area contributed by atoms with Crippen LogP contribution in [0.5, 0.6) is 0 Å². The van der Waals surface area contributed by atoms with Gasteiger partial charge >= 0.3 is 5.97 Å². The van der Waals surface area contributed by atoms with Crippen LogP contribution in [0.4, 0.5) is 0 Å². The number of ether oxygens (including phenoxy) is 1. The van der Waals surface area contributed by atoms with E-state index in [1.807, 2.05) is 33.8 Å². The van der Waals surface area contributed by atoms with Gasteiger partial charge in [0.1, 0.15) is 6.04 Å². The number of methoxy groups -OCH3 is 1. The Kier molecular flexibility index (Phi) is 23.3. The van der Waals surface area contributed by atoms with Crippen molar-refractivity contribution < 1.29 is 14.6 Å². The molecule has 0 spiro atoms. The number of carbonyl (C=O) groups is 1. The van der Waals surface area contributed by atoms with Crippen molar-refractivity contribution in [3.8, 4) is 0 Å². The molecule has 0 heterocycles. The number of hydrogen-bond acceptors (Lipinski definition) is 4. The van der Waals surface area contributed by atoms with Crippen LogP contribution < -0.4 is 5.73 Å². The summed E-state index contributed by atoms with van der Waals surface area (Å²) in [5.74, 6) is -0.347. The second-order valence-electron chi connectivity index (χ2n) is 3.09. The number of allylic oxidation sites excluding steroid dienone is 3. The molecule has 0 aromatic heterocycles. The van der Waals surface area contributed by atoms with Gasteiger partial charge in [-0.25, -0.2) is 0 Å². The molecule has 1 unspecified atom stereocenters. The van der Waals surface area contributed by atoms with E-state index in [-0.39, 0.29) is 5.97 Å². The Morgan fingerprint density at radius 3 is 2.21 bits per heavy atom. The molecule has 0 radical (unpaired) electrons. The molecule has 114 valence electrons. The van der Waals surface area contributed by atoms with Crippen molar-refractivity contribution in [1.82, 2.24) is 0 Å². The number of aliphatic hydroxyl groups is 1. The van der Waals surface area contributed by atoms with Crippen LogP contribution in [0.25, 0.3) is 0 Å². The lowest BCUT2D eigenvalue weighted by Gasteiger charge is -2.11. The predicted molar refractivity (Wildman–Crippen MR) is 81.9 cm³/mol. The number of carbonyl (C=O) groups excluding carboxylic acids is 1. The standard InChI is InChI=1S/C10H15NO2.2C2H6.CH4O/c1-13-10(12)9(11)7-8-5-3-2-4-6-8;3*1-2/h3,5-6,9H,2,4,7,11H2,1H3;2*1-2H3;2H,1H3. The van der Waals surface area contributed by atoms with Gasteiger partial charge in [-0.1, -0.05) is 51.5 Å². The van der Waals surface area contributed by atoms with Gasteiger partial charge in [0, 0.05) is 7.11 Å². The van der Waals surface area contributed by atoms with Gasteiger partial charge in [-0.15, -0.1) is 0 Å². The average molecular weight is 273 g/mol. The van der Waals surface area contributed by atoms with Crippen molar-refractivity contribution in [1.29, 1.82) is 0 Å². The first-order valence-electron chi connectivity index (χ1n) is 6.87. The Bertz CT molecular complexity index is 248. The van der Waals surface area contributed by atoms with Crippen molar-refractivity contribution in [2.24, 2.45) is 5.73 Å². The van der Waals surface area contributed by atoms with Crippen LogP contribution in [0.15, 0.2) is 23.8 Å². The van der Waals surface area contributed by atoms with Gasteiger partial charge < -0.3 is 15.6 Å². The summed E-state index contributed by atoms with van der Waals surface area (Å²) in [5.41, 5.74) is 6.74. The summed E-state index contributed by atoms with van der Waals surface area (Å²) < 4.78 is 4.54. The van der Waals surface area contributed by atoms with Crippen LogP contribution >= 0.6 is 0 Å². The molecule has 0 amide bonds. The molecule has 1 aliphatic carbocycles. The number of aliphatic hydroxyl groups excluding tert-OH is 1. The SMILES string of the molecule is CC.CC.CO.COC(=O)C(N)CC1=CCCC=C1. The first-order chi connectivity index (χ1) is 9.24. The quantitative estimate of drug-likeness (QED) is 0.776. The van der Waals surface area contributed by atoms with Gasteiger partial charge in [0.05, 0.1) is 7.11 Å². The molecule has 1 atom stereocenters. The van der Waals surface area contributed by atoms with Crippen LogP contribution in [0, 0.1) is 0 Å². The van der Waals surface area contributed by atoms with E-state index < -0.39 is 6.04 Å². The smallest absolute Gasteiger partial charge is 0.322 e. The summed E-state index contributed by atoms with van der Waals surface area (Å²) in [4.78, 5) is 11.0. The third-order valence-electron chi connectivity index (χ3n) is 2.03. The summed E-state index contributed by atoms with van der Waals surface area (Å²) in [6.07, 6.45) is 8.92. The van der Waals surface area contributed by atoms with Crippen molar-refractivity contribution in [2.75, 3.05) is 14.2 Å². The zero-order valence-corrected chi connectivity index (χ0v) is 13.3. The van der Waals surface area contributed by atoms with Crippen molar-refractivity contribution in [3.63, 3.8) is 0 Å². The largest absolute Gasteiger partial charge is 0.468 e. The minimum Gasteiger partial charge on any atom is -0.468 e. The van der Waals surface area contributed by atoms with Crippen LogP contribution in [0.3, 0.4) is 0 Å². The van der Waals surface area contributed by atoms with E-state index in [2.05, 4.69) is 16.9 Å². The normalized spacial score (nSPS) is 13.2. The highest BCUT2D eigenvalue weighted by atomic mass is 16.5. The molecule has 3 N–H and O–H groups in total. The highest BCUT2D eigenvalue weighted by molar-refractivity contribution is 5.75. The molecular weight excluding hydrogens is 242 g/mol. The highest BCUT2D eigenvalue weighted by Crippen LogP contribution is 2.14. The molecule has 19 heavy (non-hydrogen) atoms. The zero-order valence-electron chi connectivity index (χ0n) is 13.3. The summed E-state index contributed by atoms with van der Waals surface area (Å²) in [6.45, 7) is 8.00. The van der Waals surface area contributed by atoms with E-state index in [0.717, 1.165) is 25.5 Å². The third-order valence-corrected chi connectivity index (χ3v) is 2.03. The van der Waals surface area contributed by atoms with Crippen LogP contribution in [0.2, 0.25) is 0 Å². The highest BCUT2D eigenvalue weighted by Gasteiger charge is 2.14. The van der Waals surface area contributed by atoms with Gasteiger partial charge in [0.15, 0.2) is 0 Å². The predicted octanol–water partition coefficient (Wildman–Crippen LogP) is 2.81. The lowest BCUT2D eigenvalue weighted by atomic mass is 10.0. The zero-order chi connectivity index (χ0) is 15.7. The molecule has 0 aliphatic heterocycles. The second-order valence-corrected chi connectivity index (χ2v) is 3.09. The fourth-order valence-electron chi connectivity index (χ4n) is 1.31. The van der Waals surface area contributed by atoms with E-state index in [1.165, 1.54) is 7.11 Å². The maximum atomic E-state index is 11.0. The summed E-state index contributed by atoms with van der Waals surface area (Å²) in [6, 6.07) is -0.529. The van der Waals surface area contributed by atoms with Crippen molar-refractivity contribution in [2.45, 2.75) is 53.0 Å². The molecular formula is C15H31NO3. The summed E-state index contributed by atoms with van der Waals surface area (Å²) in [7, 11) is 2.35. The summed E-state index contributed by atoms with van der Waals surface area (Å²) in [5, 5.41) is 7.00. The second kappa shape index (κ2) is 19.2. The van der Waals surface area contributed by atoms with Gasteiger partial charge in [-0.05, 0) is 19.3 Å². The number of hydrogen-bond donors (Lipinski definition) is 2. The molecule has 0 saturated carbocycles. The van der Waals surface area contributed by atoms with Crippen molar-refractivity contribution in [3.05, 3.63) is 23.8 Å². The molecule has 0 bridgehead atoms. The maximum absolute atomic E-state index is 11.0. The minimum absolute atomic E-state index is 0.347. The van der Waals surface area contributed by atoms with E-state index in [4.69, 9.17) is 10.8 Å². The lowest BCUT2D eigenvalue weighted by molar-refractivity contribution is -0.142. The van der Waals surface area contributed by atoms with Crippen LogP contribution in [-0.4, -0.2) is 31.3 Å². The molecule has 4 nitrogen and oxygen atoms in total. The fraction of sp³-hybridized carbons (Fsp3) is 0.667. The van der Waals surface area contributed by atoms with E-state index >= 15 is 0 Å². The maximum Gasteiger partial charge on any atom is 0.322 e. The van der Waals surface area contributed by atoms with Gasteiger partial charge in [0.25, 0.3) is 0 Å². The molecule has 4 heteroatoms. The Hall–Kier alpha value is -1.13. The minimum atomic E-state index is -0.529. The first-order valence-corrected chi connectivity index (χ1v) is 6.87.